The highest BCUT2D eigenvalue weighted by molar-refractivity contribution is 5.66. The van der Waals surface area contributed by atoms with Crippen molar-refractivity contribution in [1.82, 2.24) is 4.90 Å². The van der Waals surface area contributed by atoms with Crippen LogP contribution in [-0.2, 0) is 6.42 Å². The van der Waals surface area contributed by atoms with E-state index in [1.807, 2.05) is 19.1 Å². The first kappa shape index (κ1) is 11.3. The molecule has 1 aliphatic heterocycles. The third-order valence-electron chi connectivity index (χ3n) is 3.22. The zero-order chi connectivity index (χ0) is 11.5. The minimum absolute atomic E-state index is 0.0696. The van der Waals surface area contributed by atoms with Gasteiger partial charge >= 0.3 is 0 Å². The van der Waals surface area contributed by atoms with E-state index in [2.05, 4.69) is 18.0 Å². The number of hydrogen-bond acceptors (Lipinski definition) is 1. The summed E-state index contributed by atoms with van der Waals surface area (Å²) in [7, 11) is 2.11. The van der Waals surface area contributed by atoms with Crippen LogP contribution in [0.2, 0.25) is 0 Å². The van der Waals surface area contributed by atoms with Crippen molar-refractivity contribution in [2.24, 2.45) is 0 Å². The van der Waals surface area contributed by atoms with Crippen LogP contribution in [0, 0.1) is 5.82 Å². The number of benzene rings is 1. The van der Waals surface area contributed by atoms with E-state index in [0.29, 0.717) is 0 Å². The molecule has 86 valence electrons. The first-order valence-electron chi connectivity index (χ1n) is 5.87. The number of aryl methyl sites for hydroxylation is 1. The Kier molecular flexibility index (Phi) is 3.39. The Morgan fingerprint density at radius 2 is 2.19 bits per heavy atom. The van der Waals surface area contributed by atoms with Crippen molar-refractivity contribution in [3.05, 3.63) is 41.2 Å². The van der Waals surface area contributed by atoms with E-state index in [1.165, 1.54) is 5.57 Å². The highest BCUT2D eigenvalue weighted by atomic mass is 19.1. The number of halogens is 1. The SMILES string of the molecule is CCc1ccc(C2=CCN(C)CC2)cc1F. The number of hydrogen-bond donors (Lipinski definition) is 0. The van der Waals surface area contributed by atoms with Crippen LogP contribution in [0.1, 0.15) is 24.5 Å². The van der Waals surface area contributed by atoms with Crippen molar-refractivity contribution >= 4 is 5.57 Å². The topological polar surface area (TPSA) is 3.24 Å². The summed E-state index contributed by atoms with van der Waals surface area (Å²) < 4.78 is 13.6. The Bertz CT molecular complexity index is 409. The Balaban J connectivity index is 2.25. The summed E-state index contributed by atoms with van der Waals surface area (Å²) in [5.41, 5.74) is 3.12. The third kappa shape index (κ3) is 2.33. The molecule has 0 atom stereocenters. The third-order valence-corrected chi connectivity index (χ3v) is 3.22. The van der Waals surface area contributed by atoms with Crippen LogP contribution in [-0.4, -0.2) is 25.0 Å². The Hall–Kier alpha value is -1.15. The molecule has 0 saturated heterocycles. The summed E-state index contributed by atoms with van der Waals surface area (Å²) >= 11 is 0. The molecule has 1 aromatic rings. The van der Waals surface area contributed by atoms with Gasteiger partial charge in [0.05, 0.1) is 0 Å². The molecule has 0 unspecified atom stereocenters. The molecule has 2 heteroatoms. The van der Waals surface area contributed by atoms with Gasteiger partial charge in [0, 0.05) is 13.1 Å². The standard InChI is InChI=1S/C14H18FN/c1-3-11-4-5-13(10-14(11)15)12-6-8-16(2)9-7-12/h4-6,10H,3,7-9H2,1-2H3. The van der Waals surface area contributed by atoms with Crippen LogP contribution < -0.4 is 0 Å². The van der Waals surface area contributed by atoms with Gasteiger partial charge in [0.1, 0.15) is 5.82 Å². The van der Waals surface area contributed by atoms with Crippen LogP contribution in [0.4, 0.5) is 4.39 Å². The average molecular weight is 219 g/mol. The smallest absolute Gasteiger partial charge is 0.126 e. The highest BCUT2D eigenvalue weighted by Gasteiger charge is 2.11. The van der Waals surface area contributed by atoms with Gasteiger partial charge < -0.3 is 4.90 Å². The van der Waals surface area contributed by atoms with Crippen LogP contribution >= 0.6 is 0 Å². The number of likely N-dealkylation sites (N-methyl/N-ethyl adjacent to an activating group) is 1. The molecule has 0 aliphatic carbocycles. The molecule has 0 radical (unpaired) electrons. The van der Waals surface area contributed by atoms with Crippen molar-refractivity contribution < 1.29 is 4.39 Å². The molecule has 1 heterocycles. The zero-order valence-corrected chi connectivity index (χ0v) is 9.96. The van der Waals surface area contributed by atoms with E-state index in [9.17, 15) is 4.39 Å². The van der Waals surface area contributed by atoms with Crippen LogP contribution in [0.3, 0.4) is 0 Å². The maximum atomic E-state index is 13.6. The van der Waals surface area contributed by atoms with Gasteiger partial charge in [-0.3, -0.25) is 0 Å². The van der Waals surface area contributed by atoms with Crippen LogP contribution in [0.5, 0.6) is 0 Å². The first-order chi connectivity index (χ1) is 7.70. The summed E-state index contributed by atoms with van der Waals surface area (Å²) in [6.45, 7) is 4.00. The molecule has 16 heavy (non-hydrogen) atoms. The summed E-state index contributed by atoms with van der Waals surface area (Å²) in [5.74, 6) is -0.0696. The fourth-order valence-electron chi connectivity index (χ4n) is 2.07. The maximum Gasteiger partial charge on any atom is 0.126 e. The Labute approximate surface area is 96.6 Å². The van der Waals surface area contributed by atoms with E-state index in [4.69, 9.17) is 0 Å². The summed E-state index contributed by atoms with van der Waals surface area (Å²) in [5, 5.41) is 0. The Morgan fingerprint density at radius 1 is 1.38 bits per heavy atom. The van der Waals surface area contributed by atoms with E-state index >= 15 is 0 Å². The second-order valence-corrected chi connectivity index (χ2v) is 4.40. The lowest BCUT2D eigenvalue weighted by atomic mass is 9.98. The fraction of sp³-hybridized carbons (Fsp3) is 0.429. The molecular weight excluding hydrogens is 201 g/mol. The van der Waals surface area contributed by atoms with Gasteiger partial charge in [0.15, 0.2) is 0 Å². The fourth-order valence-corrected chi connectivity index (χ4v) is 2.07. The van der Waals surface area contributed by atoms with Crippen molar-refractivity contribution in [3.63, 3.8) is 0 Å². The molecular formula is C14H18FN. The van der Waals surface area contributed by atoms with Gasteiger partial charge in [-0.2, -0.15) is 0 Å². The van der Waals surface area contributed by atoms with Crippen molar-refractivity contribution in [1.29, 1.82) is 0 Å². The molecule has 0 saturated carbocycles. The van der Waals surface area contributed by atoms with E-state index < -0.39 is 0 Å². The summed E-state index contributed by atoms with van der Waals surface area (Å²) in [4.78, 5) is 2.26. The largest absolute Gasteiger partial charge is 0.302 e. The monoisotopic (exact) mass is 219 g/mol. The lowest BCUT2D eigenvalue weighted by Gasteiger charge is -2.22. The van der Waals surface area contributed by atoms with Crippen LogP contribution in [0.25, 0.3) is 5.57 Å². The van der Waals surface area contributed by atoms with Gasteiger partial charge in [-0.15, -0.1) is 0 Å². The summed E-state index contributed by atoms with van der Waals surface area (Å²) in [6.07, 6.45) is 3.97. The molecule has 2 rings (SSSR count). The van der Waals surface area contributed by atoms with E-state index in [1.54, 1.807) is 6.07 Å². The van der Waals surface area contributed by atoms with Crippen molar-refractivity contribution in [3.8, 4) is 0 Å². The molecule has 0 bridgehead atoms. The zero-order valence-electron chi connectivity index (χ0n) is 9.96. The second kappa shape index (κ2) is 4.79. The van der Waals surface area contributed by atoms with Crippen LogP contribution in [0.15, 0.2) is 24.3 Å². The molecule has 0 spiro atoms. The molecule has 0 amide bonds. The van der Waals surface area contributed by atoms with E-state index in [0.717, 1.165) is 37.1 Å². The lowest BCUT2D eigenvalue weighted by molar-refractivity contribution is 0.370. The molecule has 1 aliphatic rings. The van der Waals surface area contributed by atoms with E-state index in [-0.39, 0.29) is 5.82 Å². The van der Waals surface area contributed by atoms with Gasteiger partial charge in [-0.25, -0.2) is 4.39 Å². The first-order valence-corrected chi connectivity index (χ1v) is 5.87. The van der Waals surface area contributed by atoms with Crippen molar-refractivity contribution in [2.45, 2.75) is 19.8 Å². The number of rotatable bonds is 2. The molecule has 0 N–H and O–H groups in total. The molecule has 0 aromatic heterocycles. The quantitative estimate of drug-likeness (QED) is 0.738. The summed E-state index contributed by atoms with van der Waals surface area (Å²) in [6, 6.07) is 5.62. The lowest BCUT2D eigenvalue weighted by Crippen LogP contribution is -2.23. The highest BCUT2D eigenvalue weighted by Crippen LogP contribution is 2.23. The minimum atomic E-state index is -0.0696. The molecule has 1 nitrogen and oxygen atoms in total. The normalized spacial score (nSPS) is 17.3. The molecule has 1 aromatic carbocycles. The Morgan fingerprint density at radius 3 is 2.75 bits per heavy atom. The van der Waals surface area contributed by atoms with Gasteiger partial charge in [-0.05, 0) is 42.7 Å². The van der Waals surface area contributed by atoms with Crippen molar-refractivity contribution in [2.75, 3.05) is 20.1 Å². The average Bonchev–Trinajstić information content (AvgIpc) is 2.30. The van der Waals surface area contributed by atoms with Gasteiger partial charge in [0.25, 0.3) is 0 Å². The predicted octanol–water partition coefficient (Wildman–Crippen LogP) is 3.11. The van der Waals surface area contributed by atoms with Gasteiger partial charge in [-0.1, -0.05) is 25.1 Å². The molecule has 0 fully saturated rings. The predicted molar refractivity (Wildman–Crippen MR) is 65.9 cm³/mol. The van der Waals surface area contributed by atoms with Gasteiger partial charge in [0.2, 0.25) is 0 Å². The second-order valence-electron chi connectivity index (χ2n) is 4.40. The maximum absolute atomic E-state index is 13.6. The minimum Gasteiger partial charge on any atom is -0.302 e. The number of nitrogens with zero attached hydrogens (tertiary/aromatic N) is 1.